The first-order valence-electron chi connectivity index (χ1n) is 6.83. The van der Waals surface area contributed by atoms with Crippen LogP contribution in [-0.2, 0) is 0 Å². The van der Waals surface area contributed by atoms with Gasteiger partial charge in [-0.1, -0.05) is 82.1 Å². The first kappa shape index (κ1) is 18.4. The molecule has 0 aliphatic carbocycles. The van der Waals surface area contributed by atoms with Gasteiger partial charge >= 0.3 is 0 Å². The minimum Gasteiger partial charge on any atom is -0.0649 e. The van der Waals surface area contributed by atoms with Crippen LogP contribution in [0.4, 0.5) is 0 Å². The van der Waals surface area contributed by atoms with E-state index in [-0.39, 0.29) is 0 Å². The van der Waals surface area contributed by atoms with Crippen LogP contribution in [0, 0.1) is 16.2 Å². The maximum absolute atomic E-state index is 2.30. The zero-order chi connectivity index (χ0) is 13.6. The van der Waals surface area contributed by atoms with Gasteiger partial charge in [0.1, 0.15) is 0 Å². The summed E-state index contributed by atoms with van der Waals surface area (Å²) in [5.41, 5.74) is 1.55. The maximum Gasteiger partial charge on any atom is -0.0359 e. The quantitative estimate of drug-likeness (QED) is 0.520. The monoisotopic (exact) mass is 228 g/mol. The van der Waals surface area contributed by atoms with Crippen molar-refractivity contribution in [1.29, 1.82) is 0 Å². The predicted molar refractivity (Wildman–Crippen MR) is 77.9 cm³/mol. The van der Waals surface area contributed by atoms with Gasteiger partial charge in [-0.2, -0.15) is 0 Å². The summed E-state index contributed by atoms with van der Waals surface area (Å²) in [7, 11) is 0. The van der Waals surface area contributed by atoms with Crippen LogP contribution in [-0.4, -0.2) is 0 Å². The summed E-state index contributed by atoms with van der Waals surface area (Å²) in [6, 6.07) is 0. The van der Waals surface area contributed by atoms with E-state index in [1.807, 2.05) is 0 Å². The van der Waals surface area contributed by atoms with Gasteiger partial charge in [-0.25, -0.2) is 0 Å². The molecule has 100 valence electrons. The molecular weight excluding hydrogens is 192 g/mol. The van der Waals surface area contributed by atoms with Crippen LogP contribution in [0.5, 0.6) is 0 Å². The van der Waals surface area contributed by atoms with Gasteiger partial charge in [0.25, 0.3) is 0 Å². The van der Waals surface area contributed by atoms with Crippen molar-refractivity contribution in [2.75, 3.05) is 0 Å². The summed E-state index contributed by atoms with van der Waals surface area (Å²) in [5, 5.41) is 0. The van der Waals surface area contributed by atoms with Gasteiger partial charge in [0.05, 0.1) is 0 Å². The Labute approximate surface area is 105 Å². The highest BCUT2D eigenvalue weighted by atomic mass is 14.3. The van der Waals surface area contributed by atoms with Crippen molar-refractivity contribution < 1.29 is 0 Å². The molecule has 0 saturated carbocycles. The first-order valence-corrected chi connectivity index (χ1v) is 6.83. The second-order valence-corrected chi connectivity index (χ2v) is 8.17. The van der Waals surface area contributed by atoms with Crippen molar-refractivity contribution in [3.05, 3.63) is 0 Å². The standard InChI is InChI=1S/C9H20.C7H16/c1-8(2,3)7-9(4,5)6;1-5-7(3,4)6-2/h7H2,1-6H3;5-6H2,1-4H3. The maximum atomic E-state index is 2.30. The van der Waals surface area contributed by atoms with Crippen molar-refractivity contribution in [3.63, 3.8) is 0 Å². The molecule has 0 aromatic carbocycles. The minimum atomic E-state index is 0.484. The van der Waals surface area contributed by atoms with Crippen LogP contribution < -0.4 is 0 Å². The zero-order valence-electron chi connectivity index (χ0n) is 13.6. The van der Waals surface area contributed by atoms with Crippen LogP contribution in [0.1, 0.15) is 88.5 Å². The van der Waals surface area contributed by atoms with E-state index >= 15 is 0 Å². The molecule has 0 radical (unpaired) electrons. The fourth-order valence-corrected chi connectivity index (χ4v) is 1.84. The Balaban J connectivity index is 0. The van der Waals surface area contributed by atoms with Crippen molar-refractivity contribution in [1.82, 2.24) is 0 Å². The Morgan fingerprint density at radius 1 is 0.562 bits per heavy atom. The summed E-state index contributed by atoms with van der Waals surface area (Å²) < 4.78 is 0. The molecular formula is C16H36. The van der Waals surface area contributed by atoms with Crippen LogP contribution >= 0.6 is 0 Å². The van der Waals surface area contributed by atoms with Crippen LogP contribution in [0.2, 0.25) is 0 Å². The summed E-state index contributed by atoms with van der Waals surface area (Å²) in [4.78, 5) is 0. The molecule has 0 aliphatic rings. The molecule has 0 aromatic heterocycles. The fraction of sp³-hybridized carbons (Fsp3) is 1.00. The molecule has 0 saturated heterocycles. The van der Waals surface area contributed by atoms with Crippen molar-refractivity contribution in [2.45, 2.75) is 88.5 Å². The van der Waals surface area contributed by atoms with Crippen molar-refractivity contribution >= 4 is 0 Å². The molecule has 0 nitrogen and oxygen atoms in total. The molecule has 0 amide bonds. The average molecular weight is 228 g/mol. The largest absolute Gasteiger partial charge is 0.0649 e. The third kappa shape index (κ3) is 16.4. The van der Waals surface area contributed by atoms with Crippen molar-refractivity contribution in [2.24, 2.45) is 16.2 Å². The Morgan fingerprint density at radius 3 is 0.812 bits per heavy atom. The molecule has 0 spiro atoms. The normalized spacial score (nSPS) is 13.1. The van der Waals surface area contributed by atoms with E-state index < -0.39 is 0 Å². The minimum absolute atomic E-state index is 0.484. The molecule has 0 N–H and O–H groups in total. The van der Waals surface area contributed by atoms with Crippen LogP contribution in [0.3, 0.4) is 0 Å². The molecule has 0 heteroatoms. The molecule has 0 heterocycles. The topological polar surface area (TPSA) is 0 Å². The number of hydrogen-bond donors (Lipinski definition) is 0. The van der Waals surface area contributed by atoms with Gasteiger partial charge in [-0.05, 0) is 22.7 Å². The second kappa shape index (κ2) is 6.67. The lowest BCUT2D eigenvalue weighted by atomic mass is 9.78. The first-order chi connectivity index (χ1) is 6.83. The lowest BCUT2D eigenvalue weighted by Gasteiger charge is -2.28. The van der Waals surface area contributed by atoms with Gasteiger partial charge in [0.2, 0.25) is 0 Å². The summed E-state index contributed by atoms with van der Waals surface area (Å²) in [6.07, 6.45) is 3.88. The van der Waals surface area contributed by atoms with E-state index in [1.165, 1.54) is 19.3 Å². The van der Waals surface area contributed by atoms with Crippen molar-refractivity contribution in [3.8, 4) is 0 Å². The third-order valence-electron chi connectivity index (χ3n) is 2.97. The SMILES string of the molecule is CC(C)(C)CC(C)(C)C.CCC(C)(C)CC. The van der Waals surface area contributed by atoms with Gasteiger partial charge in [-0.15, -0.1) is 0 Å². The van der Waals surface area contributed by atoms with Crippen LogP contribution in [0.15, 0.2) is 0 Å². The summed E-state index contributed by atoms with van der Waals surface area (Å²) in [6.45, 7) is 22.8. The third-order valence-corrected chi connectivity index (χ3v) is 2.97. The highest BCUT2D eigenvalue weighted by molar-refractivity contribution is 4.71. The average Bonchev–Trinajstić information content (AvgIpc) is 1.99. The second-order valence-electron chi connectivity index (χ2n) is 8.17. The Kier molecular flexibility index (Phi) is 7.65. The molecule has 0 atom stereocenters. The highest BCUT2D eigenvalue weighted by Gasteiger charge is 2.20. The lowest BCUT2D eigenvalue weighted by Crippen LogP contribution is -2.16. The summed E-state index contributed by atoms with van der Waals surface area (Å²) >= 11 is 0. The molecule has 0 aromatic rings. The molecule has 16 heavy (non-hydrogen) atoms. The van der Waals surface area contributed by atoms with Gasteiger partial charge in [0, 0.05) is 0 Å². The Bertz CT molecular complexity index is 143. The Hall–Kier alpha value is 0. The van der Waals surface area contributed by atoms with E-state index in [1.54, 1.807) is 0 Å². The van der Waals surface area contributed by atoms with Gasteiger partial charge in [0.15, 0.2) is 0 Å². The van der Waals surface area contributed by atoms with E-state index in [0.29, 0.717) is 16.2 Å². The molecule has 0 bridgehead atoms. The number of hydrogen-bond acceptors (Lipinski definition) is 0. The fourth-order valence-electron chi connectivity index (χ4n) is 1.84. The van der Waals surface area contributed by atoms with E-state index in [0.717, 1.165) is 0 Å². The molecule has 0 rings (SSSR count). The van der Waals surface area contributed by atoms with E-state index in [2.05, 4.69) is 69.2 Å². The van der Waals surface area contributed by atoms with E-state index in [9.17, 15) is 0 Å². The van der Waals surface area contributed by atoms with Gasteiger partial charge in [-0.3, -0.25) is 0 Å². The smallest absolute Gasteiger partial charge is 0.0359 e. The highest BCUT2D eigenvalue weighted by Crippen LogP contribution is 2.31. The molecule has 0 aliphatic heterocycles. The van der Waals surface area contributed by atoms with Crippen LogP contribution in [0.25, 0.3) is 0 Å². The Morgan fingerprint density at radius 2 is 0.812 bits per heavy atom. The van der Waals surface area contributed by atoms with Gasteiger partial charge < -0.3 is 0 Å². The zero-order valence-corrected chi connectivity index (χ0v) is 13.6. The molecule has 0 unspecified atom stereocenters. The van der Waals surface area contributed by atoms with E-state index in [4.69, 9.17) is 0 Å². The number of rotatable bonds is 2. The molecule has 0 fully saturated rings. The predicted octanol–water partition coefficient (Wildman–Crippen LogP) is 6.30. The summed E-state index contributed by atoms with van der Waals surface area (Å²) in [5.74, 6) is 0. The lowest BCUT2D eigenvalue weighted by molar-refractivity contribution is 0.233.